The van der Waals surface area contributed by atoms with Crippen LogP contribution in [-0.2, 0) is 0 Å². The first kappa shape index (κ1) is 10.1. The van der Waals surface area contributed by atoms with Crippen LogP contribution < -0.4 is 0 Å². The molecule has 2 aliphatic rings. The maximum absolute atomic E-state index is 7.56. The van der Waals surface area contributed by atoms with E-state index in [1.165, 1.54) is 32.1 Å². The summed E-state index contributed by atoms with van der Waals surface area (Å²) in [5.41, 5.74) is 1.89. The quantitative estimate of drug-likeness (QED) is 0.505. The molecule has 0 aromatic rings. The summed E-state index contributed by atoms with van der Waals surface area (Å²) in [6, 6.07) is 0. The van der Waals surface area contributed by atoms with Crippen LogP contribution in [0.3, 0.4) is 0 Å². The molecule has 1 heteroatoms. The van der Waals surface area contributed by atoms with Crippen molar-refractivity contribution in [3.05, 3.63) is 10.6 Å². The van der Waals surface area contributed by atoms with Gasteiger partial charge in [0, 0.05) is 8.22 Å². The summed E-state index contributed by atoms with van der Waals surface area (Å²) in [6.45, 7) is -0.0883. The predicted molar refractivity (Wildman–Crippen MR) is 93.0 cm³/mol. The van der Waals surface area contributed by atoms with E-state index in [2.05, 4.69) is 34.8 Å². The molecule has 0 radical (unpaired) electrons. The fraction of sp³-hybridized carbons (Fsp3) is 0.895. The molecule has 2 rings (SSSR count). The summed E-state index contributed by atoms with van der Waals surface area (Å²) >= 11 is 3.55. The Morgan fingerprint density at radius 3 is 2.90 bits per heavy atom. The van der Waals surface area contributed by atoms with Crippen molar-refractivity contribution in [2.24, 2.45) is 29.1 Å². The van der Waals surface area contributed by atoms with E-state index in [-0.39, 0.29) is 6.42 Å². The van der Waals surface area contributed by atoms with Crippen LogP contribution in [0.15, 0.2) is 10.6 Å². The summed E-state index contributed by atoms with van der Waals surface area (Å²) in [6.07, 6.45) is 8.05. The van der Waals surface area contributed by atoms with Gasteiger partial charge in [0.15, 0.2) is 0 Å². The molecule has 0 aliphatic heterocycles. The van der Waals surface area contributed by atoms with E-state index in [0.29, 0.717) is 29.6 Å². The lowest BCUT2D eigenvalue weighted by molar-refractivity contribution is 0.0931. The Kier molecular flexibility index (Phi) is 3.52. The van der Waals surface area contributed by atoms with Crippen LogP contribution in [0.4, 0.5) is 0 Å². The third-order valence-corrected chi connectivity index (χ3v) is 6.61. The number of rotatable bonds is 5. The zero-order chi connectivity index (χ0) is 19.8. The maximum atomic E-state index is 7.56. The number of fused-ring (bicyclic) bond motifs is 1. The SMILES string of the molecule is [2H]C([2H])([2H])C(CCC[C@@H](C)[C@H]1CC[C@H]2/C(=C/Br)CCC[C@]12C)C([2H])([2H])[2H]. The molecular weight excluding hydrogens is 308 g/mol. The van der Waals surface area contributed by atoms with Gasteiger partial charge in [0.05, 0.1) is 0 Å². The van der Waals surface area contributed by atoms with Gasteiger partial charge in [0.1, 0.15) is 0 Å². The van der Waals surface area contributed by atoms with Gasteiger partial charge in [0.25, 0.3) is 0 Å². The van der Waals surface area contributed by atoms with Crippen molar-refractivity contribution in [3.63, 3.8) is 0 Å². The minimum Gasteiger partial charge on any atom is -0.0628 e. The molecule has 2 fully saturated rings. The fourth-order valence-electron chi connectivity index (χ4n) is 4.99. The van der Waals surface area contributed by atoms with Crippen LogP contribution in [0, 0.1) is 29.1 Å². The summed E-state index contributed by atoms with van der Waals surface area (Å²) in [4.78, 5) is 2.14. The smallest absolute Gasteiger partial charge is 0.0233 e. The molecule has 0 N–H and O–H groups in total. The standard InChI is InChI=1S/C19H33Br/c1-14(2)7-5-8-15(3)17-10-11-18-16(13-20)9-6-12-19(17,18)4/h13-15,17-18H,5-12H2,1-4H3/b16-13+/t15-,17-,18+,19-/m1/s1/i1D3,2D3. The van der Waals surface area contributed by atoms with E-state index in [4.69, 9.17) is 8.22 Å². The number of halogens is 1. The van der Waals surface area contributed by atoms with Gasteiger partial charge in [-0.2, -0.15) is 0 Å². The molecule has 0 aromatic heterocycles. The monoisotopic (exact) mass is 346 g/mol. The zero-order valence-corrected chi connectivity index (χ0v) is 14.5. The van der Waals surface area contributed by atoms with E-state index in [1.807, 2.05) is 0 Å². The van der Waals surface area contributed by atoms with Crippen LogP contribution in [0.25, 0.3) is 0 Å². The van der Waals surface area contributed by atoms with Gasteiger partial charge >= 0.3 is 0 Å². The minimum atomic E-state index is -2.40. The first-order valence-electron chi connectivity index (χ1n) is 11.2. The number of hydrogen-bond donors (Lipinski definition) is 0. The zero-order valence-electron chi connectivity index (χ0n) is 18.9. The summed E-state index contributed by atoms with van der Waals surface area (Å²) in [5, 5.41) is 0. The van der Waals surface area contributed by atoms with Crippen molar-refractivity contribution < 1.29 is 8.22 Å². The lowest BCUT2D eigenvalue weighted by atomic mass is 9.61. The van der Waals surface area contributed by atoms with E-state index in [9.17, 15) is 0 Å². The van der Waals surface area contributed by atoms with Crippen molar-refractivity contribution in [2.45, 2.75) is 78.9 Å². The van der Waals surface area contributed by atoms with E-state index in [1.54, 1.807) is 5.57 Å². The second-order valence-corrected chi connectivity index (χ2v) is 7.70. The Bertz CT molecular complexity index is 495. The first-order chi connectivity index (χ1) is 11.9. The average Bonchev–Trinajstić information content (AvgIpc) is 2.85. The van der Waals surface area contributed by atoms with Crippen LogP contribution in [0.2, 0.25) is 0 Å². The maximum Gasteiger partial charge on any atom is 0.0233 e. The molecule has 0 heterocycles. The second-order valence-electron chi connectivity index (χ2n) is 7.24. The Balaban J connectivity index is 1.97. The highest BCUT2D eigenvalue weighted by Crippen LogP contribution is 2.59. The molecule has 20 heavy (non-hydrogen) atoms. The minimum absolute atomic E-state index is 0.261. The Morgan fingerprint density at radius 2 is 2.20 bits per heavy atom. The van der Waals surface area contributed by atoms with E-state index < -0.39 is 19.6 Å². The molecule has 0 spiro atoms. The van der Waals surface area contributed by atoms with Crippen LogP contribution >= 0.6 is 15.9 Å². The van der Waals surface area contributed by atoms with Crippen molar-refractivity contribution in [3.8, 4) is 0 Å². The van der Waals surface area contributed by atoms with Crippen LogP contribution in [-0.4, -0.2) is 0 Å². The van der Waals surface area contributed by atoms with Crippen LogP contribution in [0.5, 0.6) is 0 Å². The van der Waals surface area contributed by atoms with Crippen molar-refractivity contribution in [1.82, 2.24) is 0 Å². The Hall–Kier alpha value is 0.220. The molecule has 2 aliphatic carbocycles. The molecule has 0 amide bonds. The third-order valence-electron chi connectivity index (χ3n) is 6.02. The topological polar surface area (TPSA) is 0 Å². The molecule has 0 nitrogen and oxygen atoms in total. The summed E-state index contributed by atoms with van der Waals surface area (Å²) < 4.78 is 45.3. The average molecular weight is 347 g/mol. The summed E-state index contributed by atoms with van der Waals surface area (Å²) in [5.74, 6) is 0.620. The molecule has 0 aromatic carbocycles. The van der Waals surface area contributed by atoms with Gasteiger partial charge in [-0.05, 0) is 66.2 Å². The lowest BCUT2D eigenvalue weighted by Crippen LogP contribution is -2.35. The molecule has 0 saturated heterocycles. The first-order valence-corrected chi connectivity index (χ1v) is 9.12. The third kappa shape index (κ3) is 3.34. The van der Waals surface area contributed by atoms with E-state index >= 15 is 0 Å². The van der Waals surface area contributed by atoms with Crippen molar-refractivity contribution >= 4 is 15.9 Å². The highest BCUT2D eigenvalue weighted by atomic mass is 79.9. The number of hydrogen-bond acceptors (Lipinski definition) is 0. The molecule has 116 valence electrons. The van der Waals surface area contributed by atoms with Gasteiger partial charge in [-0.15, -0.1) is 0 Å². The van der Waals surface area contributed by atoms with Crippen molar-refractivity contribution in [2.75, 3.05) is 0 Å². The Morgan fingerprint density at radius 1 is 1.40 bits per heavy atom. The van der Waals surface area contributed by atoms with Crippen molar-refractivity contribution in [1.29, 1.82) is 0 Å². The molecule has 4 atom stereocenters. The number of allylic oxidation sites excluding steroid dienone is 1. The van der Waals surface area contributed by atoms with Crippen LogP contribution in [0.1, 0.15) is 87.1 Å². The normalized spacial score (nSPS) is 43.1. The van der Waals surface area contributed by atoms with Gasteiger partial charge in [-0.25, -0.2) is 0 Å². The molecule has 2 saturated carbocycles. The van der Waals surface area contributed by atoms with Gasteiger partial charge < -0.3 is 0 Å². The highest BCUT2D eigenvalue weighted by molar-refractivity contribution is 9.11. The van der Waals surface area contributed by atoms with Gasteiger partial charge in [-0.3, -0.25) is 0 Å². The molecule has 0 unspecified atom stereocenters. The predicted octanol–water partition coefficient (Wildman–Crippen LogP) is 6.94. The lowest BCUT2D eigenvalue weighted by Gasteiger charge is -2.44. The molecule has 0 bridgehead atoms. The molecular formula is C19H33Br. The van der Waals surface area contributed by atoms with Gasteiger partial charge in [-0.1, -0.05) is 68.3 Å². The summed E-state index contributed by atoms with van der Waals surface area (Å²) in [7, 11) is 0. The van der Waals surface area contributed by atoms with E-state index in [0.717, 1.165) is 6.42 Å². The van der Waals surface area contributed by atoms with Gasteiger partial charge in [0.2, 0.25) is 0 Å². The fourth-order valence-corrected chi connectivity index (χ4v) is 5.54. The largest absolute Gasteiger partial charge is 0.0628 e. The highest BCUT2D eigenvalue weighted by Gasteiger charge is 2.50. The Labute approximate surface area is 143 Å². The second kappa shape index (κ2) is 6.99.